The molecule has 2 rings (SSSR count). The SMILES string of the molecule is CCN(CC)S(=O)(=O)c1c(C)nn(CC(=O)Nc2cccc(F)c2)c1C. The van der Waals surface area contributed by atoms with Crippen LogP contribution in [0.25, 0.3) is 0 Å². The molecule has 1 amide bonds. The molecular weight excluding hydrogens is 359 g/mol. The molecule has 1 aromatic carbocycles. The number of carbonyl (C=O) groups is 1. The van der Waals surface area contributed by atoms with Crippen molar-refractivity contribution in [3.8, 4) is 0 Å². The molecule has 0 radical (unpaired) electrons. The molecule has 0 unspecified atom stereocenters. The van der Waals surface area contributed by atoms with Gasteiger partial charge >= 0.3 is 0 Å². The molecule has 142 valence electrons. The maximum absolute atomic E-state index is 13.2. The van der Waals surface area contributed by atoms with E-state index in [1.54, 1.807) is 33.8 Å². The van der Waals surface area contributed by atoms with Crippen molar-refractivity contribution in [3.05, 3.63) is 41.5 Å². The number of amides is 1. The molecule has 0 saturated heterocycles. The Bertz CT molecular complexity index is 905. The van der Waals surface area contributed by atoms with Crippen LogP contribution in [0.3, 0.4) is 0 Å². The first-order valence-corrected chi connectivity index (χ1v) is 9.74. The molecule has 0 aliphatic rings. The van der Waals surface area contributed by atoms with Crippen LogP contribution in [-0.4, -0.2) is 41.5 Å². The third-order valence-electron chi connectivity index (χ3n) is 4.02. The van der Waals surface area contributed by atoms with Gasteiger partial charge in [-0.3, -0.25) is 9.48 Å². The van der Waals surface area contributed by atoms with Gasteiger partial charge in [0.1, 0.15) is 17.3 Å². The molecule has 0 spiro atoms. The predicted octanol–water partition coefficient (Wildman–Crippen LogP) is 2.31. The molecule has 0 atom stereocenters. The summed E-state index contributed by atoms with van der Waals surface area (Å²) in [6.07, 6.45) is 0. The van der Waals surface area contributed by atoms with Crippen LogP contribution in [0.2, 0.25) is 0 Å². The zero-order chi connectivity index (χ0) is 19.5. The van der Waals surface area contributed by atoms with Crippen LogP contribution in [0.1, 0.15) is 25.2 Å². The average Bonchev–Trinajstić information content (AvgIpc) is 2.82. The van der Waals surface area contributed by atoms with Crippen molar-refractivity contribution in [2.24, 2.45) is 0 Å². The fourth-order valence-corrected chi connectivity index (χ4v) is 4.63. The Labute approximate surface area is 152 Å². The number of rotatable bonds is 7. The Morgan fingerprint density at radius 1 is 1.27 bits per heavy atom. The molecule has 0 saturated carbocycles. The minimum atomic E-state index is -3.67. The molecule has 7 nitrogen and oxygen atoms in total. The van der Waals surface area contributed by atoms with Gasteiger partial charge < -0.3 is 5.32 Å². The Hall–Kier alpha value is -2.26. The quantitative estimate of drug-likeness (QED) is 0.796. The number of nitrogens with zero attached hydrogens (tertiary/aromatic N) is 3. The van der Waals surface area contributed by atoms with Crippen LogP contribution in [0.5, 0.6) is 0 Å². The maximum Gasteiger partial charge on any atom is 0.246 e. The highest BCUT2D eigenvalue weighted by Gasteiger charge is 2.29. The van der Waals surface area contributed by atoms with Crippen LogP contribution < -0.4 is 5.32 Å². The van der Waals surface area contributed by atoms with E-state index in [1.807, 2.05) is 0 Å². The van der Waals surface area contributed by atoms with Gasteiger partial charge in [0.15, 0.2) is 0 Å². The van der Waals surface area contributed by atoms with E-state index in [-0.39, 0.29) is 11.4 Å². The van der Waals surface area contributed by atoms with Gasteiger partial charge in [0.05, 0.1) is 11.4 Å². The summed E-state index contributed by atoms with van der Waals surface area (Å²) in [6, 6.07) is 5.54. The Balaban J connectivity index is 2.26. The second-order valence-corrected chi connectivity index (χ2v) is 7.68. The highest BCUT2D eigenvalue weighted by Crippen LogP contribution is 2.23. The zero-order valence-corrected chi connectivity index (χ0v) is 16.1. The summed E-state index contributed by atoms with van der Waals surface area (Å²) in [6.45, 7) is 7.28. The Kier molecular flexibility index (Phi) is 6.14. The molecule has 2 aromatic rings. The van der Waals surface area contributed by atoms with Gasteiger partial charge in [-0.1, -0.05) is 19.9 Å². The van der Waals surface area contributed by atoms with Crippen LogP contribution in [-0.2, 0) is 21.4 Å². The van der Waals surface area contributed by atoms with Crippen molar-refractivity contribution in [2.45, 2.75) is 39.1 Å². The summed E-state index contributed by atoms with van der Waals surface area (Å²) >= 11 is 0. The fraction of sp³-hybridized carbons (Fsp3) is 0.412. The van der Waals surface area contributed by atoms with E-state index in [0.29, 0.717) is 30.2 Å². The van der Waals surface area contributed by atoms with Gasteiger partial charge in [0, 0.05) is 18.8 Å². The predicted molar refractivity (Wildman–Crippen MR) is 96.8 cm³/mol. The molecule has 1 aromatic heterocycles. The number of anilines is 1. The summed E-state index contributed by atoms with van der Waals surface area (Å²) in [5.41, 5.74) is 1.06. The highest BCUT2D eigenvalue weighted by atomic mass is 32.2. The summed E-state index contributed by atoms with van der Waals surface area (Å²) < 4.78 is 41.5. The van der Waals surface area contributed by atoms with Crippen LogP contribution in [0.4, 0.5) is 10.1 Å². The number of aryl methyl sites for hydroxylation is 1. The van der Waals surface area contributed by atoms with Crippen LogP contribution in [0, 0.1) is 19.7 Å². The van der Waals surface area contributed by atoms with Crippen LogP contribution in [0.15, 0.2) is 29.2 Å². The van der Waals surface area contributed by atoms with E-state index in [2.05, 4.69) is 10.4 Å². The van der Waals surface area contributed by atoms with E-state index in [9.17, 15) is 17.6 Å². The van der Waals surface area contributed by atoms with E-state index in [0.717, 1.165) is 0 Å². The standard InChI is InChI=1S/C17H23FN4O3S/c1-5-21(6-2)26(24,25)17-12(3)20-22(13(17)4)11-16(23)19-15-9-7-8-14(18)10-15/h7-10H,5-6,11H2,1-4H3,(H,19,23). The summed E-state index contributed by atoms with van der Waals surface area (Å²) in [4.78, 5) is 12.3. The topological polar surface area (TPSA) is 84.3 Å². The van der Waals surface area contributed by atoms with Crippen molar-refractivity contribution in [2.75, 3.05) is 18.4 Å². The first-order chi connectivity index (χ1) is 12.2. The van der Waals surface area contributed by atoms with E-state index in [4.69, 9.17) is 0 Å². The average molecular weight is 382 g/mol. The van der Waals surface area contributed by atoms with Crippen molar-refractivity contribution in [1.29, 1.82) is 0 Å². The lowest BCUT2D eigenvalue weighted by atomic mass is 10.3. The lowest BCUT2D eigenvalue weighted by Crippen LogP contribution is -2.31. The van der Waals surface area contributed by atoms with E-state index < -0.39 is 21.7 Å². The number of sulfonamides is 1. The van der Waals surface area contributed by atoms with Gasteiger partial charge in [-0.15, -0.1) is 0 Å². The first-order valence-electron chi connectivity index (χ1n) is 8.30. The number of hydrogen-bond donors (Lipinski definition) is 1. The van der Waals surface area contributed by atoms with Gasteiger partial charge in [0.25, 0.3) is 0 Å². The molecule has 0 aliphatic heterocycles. The number of benzene rings is 1. The number of hydrogen-bond acceptors (Lipinski definition) is 4. The summed E-state index contributed by atoms with van der Waals surface area (Å²) in [5, 5.41) is 6.77. The normalized spacial score (nSPS) is 11.8. The number of carbonyl (C=O) groups excluding carboxylic acids is 1. The maximum atomic E-state index is 13.2. The molecule has 0 aliphatic carbocycles. The highest BCUT2D eigenvalue weighted by molar-refractivity contribution is 7.89. The van der Waals surface area contributed by atoms with E-state index >= 15 is 0 Å². The van der Waals surface area contributed by atoms with Crippen molar-refractivity contribution in [3.63, 3.8) is 0 Å². The van der Waals surface area contributed by atoms with Gasteiger partial charge in [-0.25, -0.2) is 12.8 Å². The zero-order valence-electron chi connectivity index (χ0n) is 15.3. The lowest BCUT2D eigenvalue weighted by Gasteiger charge is -2.18. The Morgan fingerprint density at radius 2 is 1.92 bits per heavy atom. The lowest BCUT2D eigenvalue weighted by molar-refractivity contribution is -0.116. The smallest absolute Gasteiger partial charge is 0.246 e. The number of halogens is 1. The van der Waals surface area contributed by atoms with Crippen molar-refractivity contribution >= 4 is 21.6 Å². The van der Waals surface area contributed by atoms with Gasteiger partial charge in [-0.2, -0.15) is 9.40 Å². The number of aromatic nitrogens is 2. The third-order valence-corrected chi connectivity index (χ3v) is 6.32. The van der Waals surface area contributed by atoms with Gasteiger partial charge in [0.2, 0.25) is 15.9 Å². The monoisotopic (exact) mass is 382 g/mol. The minimum Gasteiger partial charge on any atom is -0.324 e. The van der Waals surface area contributed by atoms with Crippen molar-refractivity contribution in [1.82, 2.24) is 14.1 Å². The van der Waals surface area contributed by atoms with Crippen molar-refractivity contribution < 1.29 is 17.6 Å². The van der Waals surface area contributed by atoms with Crippen LogP contribution >= 0.6 is 0 Å². The first kappa shape index (κ1) is 20.1. The molecular formula is C17H23FN4O3S. The summed E-state index contributed by atoms with van der Waals surface area (Å²) in [7, 11) is -3.67. The summed E-state index contributed by atoms with van der Waals surface area (Å²) in [5.74, 6) is -0.880. The Morgan fingerprint density at radius 3 is 2.50 bits per heavy atom. The molecule has 9 heteroatoms. The molecule has 0 fully saturated rings. The molecule has 0 bridgehead atoms. The largest absolute Gasteiger partial charge is 0.324 e. The second-order valence-electron chi connectivity index (χ2n) is 5.81. The molecule has 1 heterocycles. The number of nitrogens with one attached hydrogen (secondary N) is 1. The second kappa shape index (κ2) is 7.96. The molecule has 1 N–H and O–H groups in total. The van der Waals surface area contributed by atoms with Gasteiger partial charge in [-0.05, 0) is 32.0 Å². The fourth-order valence-electron chi connectivity index (χ4n) is 2.80. The molecule has 26 heavy (non-hydrogen) atoms. The third kappa shape index (κ3) is 4.10. The minimum absolute atomic E-state index is 0.125. The van der Waals surface area contributed by atoms with E-state index in [1.165, 1.54) is 27.2 Å².